The average Bonchev–Trinajstić information content (AvgIpc) is 3.50. The quantitative estimate of drug-likeness (QED) is 0.0731. The van der Waals surface area contributed by atoms with Crippen LogP contribution in [0, 0.1) is 3.57 Å². The molecule has 222 valence electrons. The summed E-state index contributed by atoms with van der Waals surface area (Å²) in [6, 6.07) is 27.2. The number of hydrogen-bond acceptors (Lipinski definition) is 8. The number of amides is 2. The molecule has 4 aromatic carbocycles. The molecule has 0 aliphatic carbocycles. The molecule has 1 aromatic heterocycles. The molecule has 3 N–H and O–H groups in total. The Balaban J connectivity index is 1.16. The maximum absolute atomic E-state index is 12.7. The normalized spacial score (nSPS) is 10.8. The average molecular weight is 738 g/mol. The Bertz CT molecular complexity index is 1780. The smallest absolute Gasteiger partial charge is 0.271 e. The van der Waals surface area contributed by atoms with E-state index in [2.05, 4.69) is 48.7 Å². The summed E-state index contributed by atoms with van der Waals surface area (Å²) in [5.41, 5.74) is 6.93. The highest BCUT2D eigenvalue weighted by molar-refractivity contribution is 14.1. The van der Waals surface area contributed by atoms with E-state index in [0.717, 1.165) is 22.1 Å². The van der Waals surface area contributed by atoms with Gasteiger partial charge in [0.05, 0.1) is 22.6 Å². The zero-order chi connectivity index (χ0) is 30.9. The van der Waals surface area contributed by atoms with Crippen LogP contribution < -0.4 is 25.5 Å². The van der Waals surface area contributed by atoms with Crippen LogP contribution in [0.3, 0.4) is 0 Å². The number of anilines is 3. The molecule has 1 heterocycles. The number of aromatic nitrogens is 1. The van der Waals surface area contributed by atoms with Crippen LogP contribution in [-0.2, 0) is 4.79 Å². The minimum absolute atomic E-state index is 0.187. The molecular weight excluding hydrogens is 713 g/mol. The number of nitrogens with zero attached hydrogens (tertiary/aromatic N) is 2. The summed E-state index contributed by atoms with van der Waals surface area (Å²) >= 11 is 9.53. The van der Waals surface area contributed by atoms with E-state index < -0.39 is 0 Å². The number of ether oxygens (including phenoxy) is 2. The molecule has 9 nitrogen and oxygen atoms in total. The topological polar surface area (TPSA) is 114 Å². The number of methoxy groups -OCH3 is 1. The summed E-state index contributed by atoms with van der Waals surface area (Å²) in [7, 11) is 1.51. The van der Waals surface area contributed by atoms with Gasteiger partial charge in [0.25, 0.3) is 11.8 Å². The number of carbonyl (C=O) groups is 2. The Labute approximate surface area is 276 Å². The van der Waals surface area contributed by atoms with Gasteiger partial charge in [-0.1, -0.05) is 41.9 Å². The van der Waals surface area contributed by atoms with Gasteiger partial charge in [-0.25, -0.2) is 10.4 Å². The number of hydrazone groups is 1. The van der Waals surface area contributed by atoms with E-state index in [-0.39, 0.29) is 18.4 Å². The van der Waals surface area contributed by atoms with E-state index in [1.54, 1.807) is 30.3 Å². The van der Waals surface area contributed by atoms with Crippen molar-refractivity contribution in [3.05, 3.63) is 116 Å². The highest BCUT2D eigenvalue weighted by Crippen LogP contribution is 2.33. The van der Waals surface area contributed by atoms with Crippen molar-refractivity contribution < 1.29 is 19.1 Å². The van der Waals surface area contributed by atoms with E-state index in [9.17, 15) is 9.59 Å². The van der Waals surface area contributed by atoms with Crippen LogP contribution >= 0.6 is 45.5 Å². The second-order valence-electron chi connectivity index (χ2n) is 9.18. The van der Waals surface area contributed by atoms with Gasteiger partial charge in [0.1, 0.15) is 0 Å². The molecule has 0 spiro atoms. The summed E-state index contributed by atoms with van der Waals surface area (Å²) < 4.78 is 11.9. The summed E-state index contributed by atoms with van der Waals surface area (Å²) in [5, 5.41) is 13.5. The van der Waals surface area contributed by atoms with Crippen molar-refractivity contribution in [3.63, 3.8) is 0 Å². The molecule has 0 atom stereocenters. The number of para-hydroxylation sites is 1. The molecule has 0 unspecified atom stereocenters. The molecule has 0 radical (unpaired) electrons. The number of rotatable bonds is 11. The molecule has 2 amide bonds. The number of carbonyl (C=O) groups excluding carboxylic acids is 2. The molecule has 5 aromatic rings. The third-order valence-electron chi connectivity index (χ3n) is 6.08. The monoisotopic (exact) mass is 737 g/mol. The standard InChI is InChI=1S/C32H25ClIN5O4S/c1-42-28-16-20(15-26(34)30(28)43-18-29(40)36-24-5-3-2-4-6-24)17-35-39-31(41)22-9-7-21(8-10-22)27-19-44-32(38-27)37-25-13-11-23(33)12-14-25/h2-17,19H,18H2,1H3,(H,36,40)(H,37,38)(H,39,41)/b35-17-. The van der Waals surface area contributed by atoms with Gasteiger partial charge in [-0.15, -0.1) is 11.3 Å². The Kier molecular flexibility index (Phi) is 10.4. The van der Waals surface area contributed by atoms with Crippen molar-refractivity contribution in [2.24, 2.45) is 5.10 Å². The summed E-state index contributed by atoms with van der Waals surface area (Å²) in [6.45, 7) is -0.187. The Morgan fingerprint density at radius 1 is 1.00 bits per heavy atom. The second-order valence-corrected chi connectivity index (χ2v) is 11.6. The molecule has 12 heteroatoms. The summed E-state index contributed by atoms with van der Waals surface area (Å²) in [4.78, 5) is 29.6. The molecule has 0 aliphatic rings. The van der Waals surface area contributed by atoms with Gasteiger partial charge in [0.15, 0.2) is 23.2 Å². The third kappa shape index (κ3) is 8.34. The van der Waals surface area contributed by atoms with Crippen LogP contribution in [-0.4, -0.2) is 36.7 Å². The second kappa shape index (κ2) is 14.8. The van der Waals surface area contributed by atoms with E-state index >= 15 is 0 Å². The number of thiazole rings is 1. The van der Waals surface area contributed by atoms with Gasteiger partial charge < -0.3 is 20.1 Å². The van der Waals surface area contributed by atoms with Gasteiger partial charge in [-0.05, 0) is 88.8 Å². The van der Waals surface area contributed by atoms with Crippen LogP contribution in [0.5, 0.6) is 11.5 Å². The fourth-order valence-corrected chi connectivity index (χ4v) is 5.60. The first kappa shape index (κ1) is 31.0. The summed E-state index contributed by atoms with van der Waals surface area (Å²) in [5.74, 6) is 0.215. The van der Waals surface area contributed by atoms with Crippen LogP contribution in [0.4, 0.5) is 16.5 Å². The lowest BCUT2D eigenvalue weighted by molar-refractivity contribution is -0.118. The van der Waals surface area contributed by atoms with Gasteiger partial charge >= 0.3 is 0 Å². The summed E-state index contributed by atoms with van der Waals surface area (Å²) in [6.07, 6.45) is 1.51. The zero-order valence-corrected chi connectivity index (χ0v) is 26.9. The number of halogens is 2. The highest BCUT2D eigenvalue weighted by atomic mass is 127. The first-order valence-electron chi connectivity index (χ1n) is 13.1. The largest absolute Gasteiger partial charge is 0.493 e. The minimum atomic E-state index is -0.359. The fraction of sp³-hybridized carbons (Fsp3) is 0.0625. The molecular formula is C32H25ClIN5O4S. The lowest BCUT2D eigenvalue weighted by Gasteiger charge is -2.13. The van der Waals surface area contributed by atoms with E-state index in [0.29, 0.717) is 36.9 Å². The molecule has 0 aliphatic heterocycles. The maximum Gasteiger partial charge on any atom is 0.271 e. The Hall–Kier alpha value is -4.46. The molecule has 0 fully saturated rings. The lowest BCUT2D eigenvalue weighted by Crippen LogP contribution is -2.20. The van der Waals surface area contributed by atoms with Crippen molar-refractivity contribution in [1.29, 1.82) is 0 Å². The van der Waals surface area contributed by atoms with Crippen molar-refractivity contribution in [2.45, 2.75) is 0 Å². The van der Waals surface area contributed by atoms with Crippen LogP contribution in [0.15, 0.2) is 101 Å². The SMILES string of the molecule is COc1cc(/C=N\NC(=O)c2ccc(-c3csc(Nc4ccc(Cl)cc4)n3)cc2)cc(I)c1OCC(=O)Nc1ccccc1. The maximum atomic E-state index is 12.7. The van der Waals surface area contributed by atoms with Crippen molar-refractivity contribution >= 4 is 80.1 Å². The van der Waals surface area contributed by atoms with Crippen molar-refractivity contribution in [1.82, 2.24) is 10.4 Å². The fourth-order valence-electron chi connectivity index (χ4n) is 3.95. The highest BCUT2D eigenvalue weighted by Gasteiger charge is 2.14. The first-order chi connectivity index (χ1) is 21.4. The predicted octanol–water partition coefficient (Wildman–Crippen LogP) is 7.60. The van der Waals surface area contributed by atoms with Crippen molar-refractivity contribution in [3.8, 4) is 22.8 Å². The first-order valence-corrected chi connectivity index (χ1v) is 15.5. The Morgan fingerprint density at radius 3 is 2.48 bits per heavy atom. The number of benzene rings is 4. The van der Waals surface area contributed by atoms with Crippen molar-refractivity contribution in [2.75, 3.05) is 24.4 Å². The number of hydrogen-bond donors (Lipinski definition) is 3. The van der Waals surface area contributed by atoms with Gasteiger partial charge in [0, 0.05) is 32.9 Å². The van der Waals surface area contributed by atoms with Crippen LogP contribution in [0.1, 0.15) is 15.9 Å². The van der Waals surface area contributed by atoms with Gasteiger partial charge in [-0.3, -0.25) is 9.59 Å². The van der Waals surface area contributed by atoms with E-state index in [4.69, 9.17) is 21.1 Å². The molecule has 44 heavy (non-hydrogen) atoms. The minimum Gasteiger partial charge on any atom is -0.493 e. The zero-order valence-electron chi connectivity index (χ0n) is 23.2. The van der Waals surface area contributed by atoms with Crippen LogP contribution in [0.25, 0.3) is 11.3 Å². The molecule has 0 saturated carbocycles. The van der Waals surface area contributed by atoms with Gasteiger partial charge in [0.2, 0.25) is 0 Å². The Morgan fingerprint density at radius 2 is 1.75 bits per heavy atom. The molecule has 5 rings (SSSR count). The third-order valence-corrected chi connectivity index (χ3v) is 7.89. The van der Waals surface area contributed by atoms with E-state index in [1.165, 1.54) is 24.7 Å². The molecule has 0 saturated heterocycles. The lowest BCUT2D eigenvalue weighted by atomic mass is 10.1. The number of nitrogens with one attached hydrogen (secondary N) is 3. The predicted molar refractivity (Wildman–Crippen MR) is 184 cm³/mol. The molecule has 0 bridgehead atoms. The van der Waals surface area contributed by atoms with Crippen LogP contribution in [0.2, 0.25) is 5.02 Å². The van der Waals surface area contributed by atoms with Gasteiger partial charge in [-0.2, -0.15) is 5.10 Å². The van der Waals surface area contributed by atoms with E-state index in [1.807, 2.05) is 66.0 Å².